The first-order valence-electron chi connectivity index (χ1n) is 9.03. The van der Waals surface area contributed by atoms with E-state index in [1.54, 1.807) is 24.0 Å². The molecule has 27 heavy (non-hydrogen) atoms. The molecule has 1 saturated heterocycles. The van der Waals surface area contributed by atoms with Crippen LogP contribution in [-0.4, -0.2) is 83.7 Å². The molecular weight excluding hydrogens is 370 g/mol. The van der Waals surface area contributed by atoms with E-state index in [9.17, 15) is 13.2 Å². The summed E-state index contributed by atoms with van der Waals surface area (Å²) in [6.07, 6.45) is 0. The van der Waals surface area contributed by atoms with E-state index in [0.29, 0.717) is 37.6 Å². The molecule has 1 heterocycles. The van der Waals surface area contributed by atoms with E-state index in [2.05, 4.69) is 9.62 Å². The molecular formula is C18H29N3O5S. The third kappa shape index (κ3) is 6.46. The van der Waals surface area contributed by atoms with Gasteiger partial charge in [-0.3, -0.25) is 9.69 Å². The summed E-state index contributed by atoms with van der Waals surface area (Å²) in [6.45, 7) is 8.17. The maximum atomic E-state index is 12.5. The van der Waals surface area contributed by atoms with Gasteiger partial charge < -0.3 is 14.4 Å². The number of ether oxygens (including phenoxy) is 2. The molecule has 1 aromatic carbocycles. The molecule has 1 aliphatic rings. The van der Waals surface area contributed by atoms with E-state index in [0.717, 1.165) is 19.6 Å². The Hall–Kier alpha value is -1.68. The number of carbonyl (C=O) groups excluding carboxylic acids is 1. The minimum absolute atomic E-state index is 0.0666. The standard InChI is InChI=1S/C18H29N3O5S/c1-15-14-17(25-3)4-5-18(15)27(23,24)19-6-7-21(16(2)22)9-8-20-10-12-26-13-11-20/h4-5,14,19H,6-13H2,1-3H3. The molecule has 0 radical (unpaired) electrons. The zero-order chi connectivity index (χ0) is 19.9. The van der Waals surface area contributed by atoms with Crippen molar-refractivity contribution in [2.24, 2.45) is 0 Å². The largest absolute Gasteiger partial charge is 0.497 e. The molecule has 0 spiro atoms. The number of methoxy groups -OCH3 is 1. The molecule has 1 N–H and O–H groups in total. The van der Waals surface area contributed by atoms with Gasteiger partial charge in [-0.2, -0.15) is 0 Å². The van der Waals surface area contributed by atoms with Crippen molar-refractivity contribution in [1.82, 2.24) is 14.5 Å². The topological polar surface area (TPSA) is 88.2 Å². The van der Waals surface area contributed by atoms with Crippen LogP contribution in [0, 0.1) is 6.92 Å². The highest BCUT2D eigenvalue weighted by Crippen LogP contribution is 2.20. The van der Waals surface area contributed by atoms with E-state index < -0.39 is 10.0 Å². The molecule has 8 nitrogen and oxygen atoms in total. The predicted octanol–water partition coefficient (Wildman–Crippen LogP) is 0.463. The zero-order valence-corrected chi connectivity index (χ0v) is 17.0. The van der Waals surface area contributed by atoms with Crippen LogP contribution in [0.2, 0.25) is 0 Å². The van der Waals surface area contributed by atoms with Gasteiger partial charge in [0.25, 0.3) is 0 Å². The van der Waals surface area contributed by atoms with Crippen molar-refractivity contribution in [2.45, 2.75) is 18.7 Å². The summed E-state index contributed by atoms with van der Waals surface area (Å²) in [4.78, 5) is 16.0. The number of sulfonamides is 1. The zero-order valence-electron chi connectivity index (χ0n) is 16.2. The quantitative estimate of drug-likeness (QED) is 0.649. The molecule has 0 unspecified atom stereocenters. The van der Waals surface area contributed by atoms with Crippen molar-refractivity contribution in [2.75, 3.05) is 59.6 Å². The molecule has 0 atom stereocenters. The van der Waals surface area contributed by atoms with Crippen molar-refractivity contribution >= 4 is 15.9 Å². The SMILES string of the molecule is COc1ccc(S(=O)(=O)NCCN(CCN2CCOCC2)C(C)=O)c(C)c1. The van der Waals surface area contributed by atoms with Gasteiger partial charge in [-0.15, -0.1) is 0 Å². The van der Waals surface area contributed by atoms with Crippen LogP contribution < -0.4 is 9.46 Å². The number of nitrogens with zero attached hydrogens (tertiary/aromatic N) is 2. The lowest BCUT2D eigenvalue weighted by atomic mass is 10.2. The maximum absolute atomic E-state index is 12.5. The number of morpholine rings is 1. The van der Waals surface area contributed by atoms with Crippen LogP contribution in [0.3, 0.4) is 0 Å². The number of carbonyl (C=O) groups is 1. The van der Waals surface area contributed by atoms with Gasteiger partial charge in [0.15, 0.2) is 0 Å². The van der Waals surface area contributed by atoms with Crippen molar-refractivity contribution in [3.05, 3.63) is 23.8 Å². The molecule has 1 aromatic rings. The van der Waals surface area contributed by atoms with Gasteiger partial charge in [-0.1, -0.05) is 0 Å². The van der Waals surface area contributed by atoms with Gasteiger partial charge in [0.1, 0.15) is 5.75 Å². The summed E-state index contributed by atoms with van der Waals surface area (Å²) in [7, 11) is -2.11. The second-order valence-corrected chi connectivity index (χ2v) is 8.22. The second-order valence-electron chi connectivity index (χ2n) is 6.49. The van der Waals surface area contributed by atoms with E-state index in [1.807, 2.05) is 0 Å². The fourth-order valence-corrected chi connectivity index (χ4v) is 4.20. The van der Waals surface area contributed by atoms with Gasteiger partial charge in [0.05, 0.1) is 25.2 Å². The van der Waals surface area contributed by atoms with Gasteiger partial charge in [0, 0.05) is 46.2 Å². The Morgan fingerprint density at radius 3 is 2.59 bits per heavy atom. The van der Waals surface area contributed by atoms with Gasteiger partial charge >= 0.3 is 0 Å². The number of hydrogen-bond acceptors (Lipinski definition) is 6. The summed E-state index contributed by atoms with van der Waals surface area (Å²) >= 11 is 0. The third-order valence-corrected chi connectivity index (χ3v) is 6.20. The van der Waals surface area contributed by atoms with E-state index >= 15 is 0 Å². The average Bonchev–Trinajstić information content (AvgIpc) is 2.64. The molecule has 0 aliphatic carbocycles. The lowest BCUT2D eigenvalue weighted by molar-refractivity contribution is -0.129. The fraction of sp³-hybridized carbons (Fsp3) is 0.611. The van der Waals surface area contributed by atoms with Gasteiger partial charge in [0.2, 0.25) is 15.9 Å². The molecule has 0 bridgehead atoms. The van der Waals surface area contributed by atoms with Gasteiger partial charge in [-0.05, 0) is 30.7 Å². The molecule has 1 aliphatic heterocycles. The Morgan fingerprint density at radius 2 is 2.00 bits per heavy atom. The van der Waals surface area contributed by atoms with Crippen LogP contribution >= 0.6 is 0 Å². The smallest absolute Gasteiger partial charge is 0.240 e. The first-order chi connectivity index (χ1) is 12.8. The Kier molecular flexibility index (Phi) is 8.03. The third-order valence-electron chi connectivity index (χ3n) is 4.58. The van der Waals surface area contributed by atoms with Crippen LogP contribution in [0.5, 0.6) is 5.75 Å². The van der Waals surface area contributed by atoms with Crippen LogP contribution in [0.15, 0.2) is 23.1 Å². The van der Waals surface area contributed by atoms with E-state index in [-0.39, 0.29) is 17.3 Å². The number of aryl methyl sites for hydroxylation is 1. The van der Waals surface area contributed by atoms with Crippen molar-refractivity contribution < 1.29 is 22.7 Å². The summed E-state index contributed by atoms with van der Waals surface area (Å²) in [5, 5.41) is 0. The predicted molar refractivity (Wildman–Crippen MR) is 102 cm³/mol. The Labute approximate surface area is 161 Å². The maximum Gasteiger partial charge on any atom is 0.240 e. The lowest BCUT2D eigenvalue weighted by Crippen LogP contribution is -2.44. The molecule has 9 heteroatoms. The van der Waals surface area contributed by atoms with Crippen molar-refractivity contribution in [1.29, 1.82) is 0 Å². The summed E-state index contributed by atoms with van der Waals surface area (Å²) in [5.41, 5.74) is 0.609. The summed E-state index contributed by atoms with van der Waals surface area (Å²) in [5.74, 6) is 0.542. The van der Waals surface area contributed by atoms with Crippen LogP contribution in [0.25, 0.3) is 0 Å². The number of nitrogens with one attached hydrogen (secondary N) is 1. The molecule has 1 fully saturated rings. The van der Waals surface area contributed by atoms with Crippen molar-refractivity contribution in [3.8, 4) is 5.75 Å². The molecule has 2 rings (SSSR count). The monoisotopic (exact) mass is 399 g/mol. The number of rotatable bonds is 9. The average molecular weight is 400 g/mol. The van der Waals surface area contributed by atoms with Crippen LogP contribution in [-0.2, 0) is 19.6 Å². The van der Waals surface area contributed by atoms with E-state index in [4.69, 9.17) is 9.47 Å². The van der Waals surface area contributed by atoms with Crippen LogP contribution in [0.4, 0.5) is 0 Å². The Morgan fingerprint density at radius 1 is 1.30 bits per heavy atom. The minimum Gasteiger partial charge on any atom is -0.497 e. The molecule has 1 amide bonds. The fourth-order valence-electron chi connectivity index (χ4n) is 2.96. The number of hydrogen-bond donors (Lipinski definition) is 1. The highest BCUT2D eigenvalue weighted by molar-refractivity contribution is 7.89. The van der Waals surface area contributed by atoms with Crippen LogP contribution in [0.1, 0.15) is 12.5 Å². The molecule has 0 aromatic heterocycles. The highest BCUT2D eigenvalue weighted by atomic mass is 32.2. The summed E-state index contributed by atoms with van der Waals surface area (Å²) in [6, 6.07) is 4.82. The first-order valence-corrected chi connectivity index (χ1v) is 10.5. The Balaban J connectivity index is 1.88. The van der Waals surface area contributed by atoms with Crippen molar-refractivity contribution in [3.63, 3.8) is 0 Å². The van der Waals surface area contributed by atoms with E-state index in [1.165, 1.54) is 20.1 Å². The lowest BCUT2D eigenvalue weighted by Gasteiger charge is -2.29. The molecule has 152 valence electrons. The minimum atomic E-state index is -3.64. The number of benzene rings is 1. The summed E-state index contributed by atoms with van der Waals surface area (Å²) < 4.78 is 38.1. The normalized spacial score (nSPS) is 15.5. The second kappa shape index (κ2) is 10.0. The van der Waals surface area contributed by atoms with Gasteiger partial charge in [-0.25, -0.2) is 13.1 Å². The highest BCUT2D eigenvalue weighted by Gasteiger charge is 2.18. The molecule has 0 saturated carbocycles. The Bertz CT molecular complexity index is 733. The first kappa shape index (κ1) is 21.6. The number of amides is 1.